The third kappa shape index (κ3) is 4.31. The number of alkyl halides is 3. The molecule has 0 aromatic heterocycles. The minimum absolute atomic E-state index is 0.0258. The minimum atomic E-state index is -4.52. The molecule has 2 atom stereocenters. The van der Waals surface area contributed by atoms with Gasteiger partial charge in [0.15, 0.2) is 0 Å². The summed E-state index contributed by atoms with van der Waals surface area (Å²) in [5.74, 6) is -1.37. The lowest BCUT2D eigenvalue weighted by Gasteiger charge is -2.20. The first kappa shape index (κ1) is 19.0. The average molecular weight is 389 g/mol. The molecule has 142 valence electrons. The predicted molar refractivity (Wildman–Crippen MR) is 91.7 cm³/mol. The quantitative estimate of drug-likeness (QED) is 0.837. The molecule has 1 heterocycles. The van der Waals surface area contributed by atoms with Crippen LogP contribution in [0.1, 0.15) is 37.7 Å². The third-order valence-corrected chi connectivity index (χ3v) is 5.24. The second kappa shape index (κ2) is 7.47. The van der Waals surface area contributed by atoms with Crippen LogP contribution in [-0.4, -0.2) is 29.8 Å². The Morgan fingerprint density at radius 2 is 1.73 bits per heavy atom. The summed E-state index contributed by atoms with van der Waals surface area (Å²) >= 11 is 5.90. The van der Waals surface area contributed by atoms with Gasteiger partial charge in [-0.15, -0.1) is 0 Å². The van der Waals surface area contributed by atoms with Crippen molar-refractivity contribution < 1.29 is 22.8 Å². The number of carbonyl (C=O) groups excluding carboxylic acids is 2. The monoisotopic (exact) mass is 388 g/mol. The van der Waals surface area contributed by atoms with E-state index in [1.807, 2.05) is 4.90 Å². The van der Waals surface area contributed by atoms with Gasteiger partial charge >= 0.3 is 6.18 Å². The predicted octanol–water partition coefficient (Wildman–Crippen LogP) is 4.34. The molecule has 3 rings (SSSR count). The molecule has 1 saturated carbocycles. The van der Waals surface area contributed by atoms with E-state index in [0.29, 0.717) is 19.5 Å². The van der Waals surface area contributed by atoms with Gasteiger partial charge in [0.1, 0.15) is 0 Å². The van der Waals surface area contributed by atoms with E-state index < -0.39 is 23.6 Å². The number of hydrogen-bond donors (Lipinski definition) is 1. The van der Waals surface area contributed by atoms with Gasteiger partial charge < -0.3 is 10.2 Å². The van der Waals surface area contributed by atoms with Gasteiger partial charge in [-0.05, 0) is 37.5 Å². The number of carbonyl (C=O) groups is 2. The van der Waals surface area contributed by atoms with Crippen LogP contribution in [0.5, 0.6) is 0 Å². The van der Waals surface area contributed by atoms with Crippen LogP contribution < -0.4 is 5.32 Å². The molecule has 2 unspecified atom stereocenters. The zero-order valence-electron chi connectivity index (χ0n) is 14.1. The number of amides is 2. The Bertz CT molecular complexity index is 700. The number of nitrogens with zero attached hydrogens (tertiary/aromatic N) is 1. The Labute approximate surface area is 154 Å². The summed E-state index contributed by atoms with van der Waals surface area (Å²) in [5, 5.41) is 2.47. The van der Waals surface area contributed by atoms with Crippen LogP contribution in [0.4, 0.5) is 18.9 Å². The third-order valence-electron chi connectivity index (χ3n) is 4.91. The zero-order chi connectivity index (χ0) is 18.9. The Morgan fingerprint density at radius 1 is 1.08 bits per heavy atom. The lowest BCUT2D eigenvalue weighted by atomic mass is 10.2. The van der Waals surface area contributed by atoms with Gasteiger partial charge in [-0.1, -0.05) is 24.4 Å². The first-order chi connectivity index (χ1) is 12.3. The lowest BCUT2D eigenvalue weighted by molar-refractivity contribution is -0.137. The van der Waals surface area contributed by atoms with Crippen molar-refractivity contribution in [2.24, 2.45) is 11.8 Å². The van der Waals surface area contributed by atoms with Crippen molar-refractivity contribution in [3.05, 3.63) is 28.8 Å². The Morgan fingerprint density at radius 3 is 2.35 bits per heavy atom. The largest absolute Gasteiger partial charge is 0.416 e. The molecule has 8 heteroatoms. The number of anilines is 1. The van der Waals surface area contributed by atoms with E-state index in [0.717, 1.165) is 43.9 Å². The van der Waals surface area contributed by atoms with Gasteiger partial charge in [-0.25, -0.2) is 0 Å². The van der Waals surface area contributed by atoms with Crippen molar-refractivity contribution in [1.82, 2.24) is 4.90 Å². The van der Waals surface area contributed by atoms with Crippen LogP contribution in [0, 0.1) is 11.8 Å². The van der Waals surface area contributed by atoms with E-state index in [2.05, 4.69) is 5.32 Å². The molecule has 0 radical (unpaired) electrons. The standard InChI is InChI=1S/C18H20ClF3N2O2/c19-14-6-5-11(18(20,21)22)9-15(14)23-16(25)12-10-13(12)17(26)24-7-3-1-2-4-8-24/h5-6,9,12-13H,1-4,7-8,10H2,(H,23,25). The first-order valence-electron chi connectivity index (χ1n) is 8.74. The van der Waals surface area contributed by atoms with Crippen LogP contribution in [0.15, 0.2) is 18.2 Å². The summed E-state index contributed by atoms with van der Waals surface area (Å²) in [7, 11) is 0. The van der Waals surface area contributed by atoms with Crippen LogP contribution in [-0.2, 0) is 15.8 Å². The molecule has 0 bridgehead atoms. The topological polar surface area (TPSA) is 49.4 Å². The molecule has 1 aliphatic carbocycles. The van der Waals surface area contributed by atoms with Crippen molar-refractivity contribution in [2.45, 2.75) is 38.3 Å². The van der Waals surface area contributed by atoms with Crippen molar-refractivity contribution in [3.8, 4) is 0 Å². The Kier molecular flexibility index (Phi) is 5.46. The number of rotatable bonds is 3. The highest BCUT2D eigenvalue weighted by Gasteiger charge is 2.49. The zero-order valence-corrected chi connectivity index (χ0v) is 14.9. The Hall–Kier alpha value is -1.76. The maximum Gasteiger partial charge on any atom is 0.416 e. The fourth-order valence-corrected chi connectivity index (χ4v) is 3.47. The highest BCUT2D eigenvalue weighted by atomic mass is 35.5. The summed E-state index contributed by atoms with van der Waals surface area (Å²) < 4.78 is 38.4. The van der Waals surface area contributed by atoms with Gasteiger partial charge in [0, 0.05) is 13.1 Å². The maximum atomic E-state index is 12.8. The number of benzene rings is 1. The van der Waals surface area contributed by atoms with Gasteiger partial charge in [0.2, 0.25) is 11.8 Å². The lowest BCUT2D eigenvalue weighted by Crippen LogP contribution is -2.34. The molecule has 1 aliphatic heterocycles. The van der Waals surface area contributed by atoms with Crippen LogP contribution in [0.2, 0.25) is 5.02 Å². The molecule has 1 saturated heterocycles. The average Bonchev–Trinajstić information content (AvgIpc) is 3.39. The summed E-state index contributed by atoms with van der Waals surface area (Å²) in [4.78, 5) is 26.6. The van der Waals surface area contributed by atoms with Gasteiger partial charge in [-0.3, -0.25) is 9.59 Å². The summed E-state index contributed by atoms with van der Waals surface area (Å²) in [5.41, 5.74) is -0.968. The van der Waals surface area contributed by atoms with Gasteiger partial charge in [0.25, 0.3) is 0 Å². The van der Waals surface area contributed by atoms with Crippen LogP contribution in [0.3, 0.4) is 0 Å². The highest BCUT2D eigenvalue weighted by Crippen LogP contribution is 2.42. The van der Waals surface area contributed by atoms with E-state index in [4.69, 9.17) is 11.6 Å². The number of halogens is 4. The van der Waals surface area contributed by atoms with Gasteiger partial charge in [0.05, 0.1) is 28.1 Å². The summed E-state index contributed by atoms with van der Waals surface area (Å²) in [6.45, 7) is 1.42. The molecule has 2 fully saturated rings. The van der Waals surface area contributed by atoms with E-state index >= 15 is 0 Å². The maximum absolute atomic E-state index is 12.8. The molecule has 1 N–H and O–H groups in total. The van der Waals surface area contributed by atoms with E-state index in [9.17, 15) is 22.8 Å². The number of likely N-dealkylation sites (tertiary alicyclic amines) is 1. The molecule has 1 aromatic carbocycles. The number of nitrogens with one attached hydrogen (secondary N) is 1. The molecule has 2 aliphatic rings. The van der Waals surface area contributed by atoms with Crippen molar-refractivity contribution in [2.75, 3.05) is 18.4 Å². The highest BCUT2D eigenvalue weighted by molar-refractivity contribution is 6.33. The van der Waals surface area contributed by atoms with Crippen LogP contribution in [0.25, 0.3) is 0 Å². The van der Waals surface area contributed by atoms with Crippen molar-refractivity contribution in [1.29, 1.82) is 0 Å². The van der Waals surface area contributed by atoms with Crippen molar-refractivity contribution >= 4 is 29.1 Å². The van der Waals surface area contributed by atoms with Crippen LogP contribution >= 0.6 is 11.6 Å². The first-order valence-corrected chi connectivity index (χ1v) is 9.11. The molecular weight excluding hydrogens is 369 g/mol. The Balaban J connectivity index is 1.62. The van der Waals surface area contributed by atoms with Gasteiger partial charge in [-0.2, -0.15) is 13.2 Å². The second-order valence-corrected chi connectivity index (χ2v) is 7.28. The van der Waals surface area contributed by atoms with E-state index in [1.165, 1.54) is 0 Å². The SMILES string of the molecule is O=C(Nc1cc(C(F)(F)F)ccc1Cl)C1CC1C(=O)N1CCCCCC1. The second-order valence-electron chi connectivity index (χ2n) is 6.87. The minimum Gasteiger partial charge on any atom is -0.342 e. The fourth-order valence-electron chi connectivity index (χ4n) is 3.31. The summed E-state index contributed by atoms with van der Waals surface area (Å²) in [6, 6.07) is 2.78. The molecule has 4 nitrogen and oxygen atoms in total. The number of hydrogen-bond acceptors (Lipinski definition) is 2. The van der Waals surface area contributed by atoms with Crippen molar-refractivity contribution in [3.63, 3.8) is 0 Å². The normalized spacial score (nSPS) is 23.3. The van der Waals surface area contributed by atoms with E-state index in [1.54, 1.807) is 0 Å². The van der Waals surface area contributed by atoms with E-state index in [-0.39, 0.29) is 22.5 Å². The molecule has 26 heavy (non-hydrogen) atoms. The molecule has 0 spiro atoms. The smallest absolute Gasteiger partial charge is 0.342 e. The molecular formula is C18H20ClF3N2O2. The molecule has 1 aromatic rings. The molecule has 2 amide bonds. The summed E-state index contributed by atoms with van der Waals surface area (Å²) in [6.07, 6.45) is 0.0514. The fraction of sp³-hybridized carbons (Fsp3) is 0.556.